The summed E-state index contributed by atoms with van der Waals surface area (Å²) >= 11 is 3.48. The second kappa shape index (κ2) is 10.2. The highest BCUT2D eigenvalue weighted by atomic mass is 79.9. The Labute approximate surface area is 196 Å². The Morgan fingerprint density at radius 3 is 2.53 bits per heavy atom. The van der Waals surface area contributed by atoms with Gasteiger partial charge in [0.1, 0.15) is 0 Å². The fourth-order valence-corrected chi connectivity index (χ4v) is 4.57. The molecule has 0 bridgehead atoms. The Morgan fingerprint density at radius 2 is 1.84 bits per heavy atom. The van der Waals surface area contributed by atoms with Gasteiger partial charge in [0.05, 0.1) is 18.2 Å². The smallest absolute Gasteiger partial charge is 0.338 e. The summed E-state index contributed by atoms with van der Waals surface area (Å²) in [6.07, 6.45) is 0. The second-order valence-electron chi connectivity index (χ2n) is 7.80. The van der Waals surface area contributed by atoms with E-state index in [0.717, 1.165) is 36.2 Å². The monoisotopic (exact) mass is 498 g/mol. The first kappa shape index (κ1) is 22.4. The Kier molecular flexibility index (Phi) is 7.12. The normalized spacial score (nSPS) is 19.4. The lowest BCUT2D eigenvalue weighted by Gasteiger charge is -2.38. The van der Waals surface area contributed by atoms with Crippen molar-refractivity contribution in [3.8, 4) is 0 Å². The lowest BCUT2D eigenvalue weighted by atomic mass is 9.95. The molecule has 32 heavy (non-hydrogen) atoms. The van der Waals surface area contributed by atoms with Gasteiger partial charge in [0.2, 0.25) is 0 Å². The molecule has 2 aromatic carbocycles. The van der Waals surface area contributed by atoms with Gasteiger partial charge < -0.3 is 20.3 Å². The first-order chi connectivity index (χ1) is 15.5. The topological polar surface area (TPSA) is 73.9 Å². The van der Waals surface area contributed by atoms with Crippen LogP contribution in [0.1, 0.15) is 18.5 Å². The molecular formula is C24H27BrN4O3. The van der Waals surface area contributed by atoms with E-state index >= 15 is 0 Å². The average Bonchev–Trinajstić information content (AvgIpc) is 2.80. The highest BCUT2D eigenvalue weighted by molar-refractivity contribution is 9.10. The van der Waals surface area contributed by atoms with E-state index in [4.69, 9.17) is 4.74 Å². The van der Waals surface area contributed by atoms with Gasteiger partial charge in [0, 0.05) is 48.6 Å². The predicted octanol–water partition coefficient (Wildman–Crippen LogP) is 3.44. The molecular weight excluding hydrogens is 472 g/mol. The number of hydrogen-bond acceptors (Lipinski definition) is 5. The number of para-hydroxylation sites is 1. The number of piperazine rings is 1. The van der Waals surface area contributed by atoms with Gasteiger partial charge in [0.15, 0.2) is 0 Å². The molecule has 168 valence electrons. The van der Waals surface area contributed by atoms with Crippen molar-refractivity contribution in [2.75, 3.05) is 44.2 Å². The summed E-state index contributed by atoms with van der Waals surface area (Å²) in [7, 11) is 0. The molecule has 7 nitrogen and oxygen atoms in total. The molecule has 8 heteroatoms. The molecule has 0 aliphatic carbocycles. The number of nitrogens with zero attached hydrogens (tertiary/aromatic N) is 2. The van der Waals surface area contributed by atoms with Crippen molar-refractivity contribution in [2.24, 2.45) is 0 Å². The van der Waals surface area contributed by atoms with Crippen LogP contribution < -0.4 is 15.5 Å². The maximum Gasteiger partial charge on any atom is 0.338 e. The van der Waals surface area contributed by atoms with Crippen LogP contribution >= 0.6 is 15.9 Å². The highest BCUT2D eigenvalue weighted by Gasteiger charge is 2.34. The summed E-state index contributed by atoms with van der Waals surface area (Å²) in [5.41, 5.74) is 3.09. The number of esters is 1. The van der Waals surface area contributed by atoms with E-state index in [1.807, 2.05) is 42.5 Å². The number of nitrogens with one attached hydrogen (secondary N) is 2. The molecule has 0 saturated carbocycles. The molecule has 2 amide bonds. The van der Waals surface area contributed by atoms with E-state index in [1.165, 1.54) is 5.69 Å². The number of carbonyl (C=O) groups excluding carboxylic acids is 2. The molecule has 1 fully saturated rings. The third kappa shape index (κ3) is 5.14. The SMILES string of the molecule is CCOC(=O)C1=C(CN2CCN(c3ccccc3)CC2)NC(=O)N[C@@H]1c1cccc(Br)c1. The van der Waals surface area contributed by atoms with Crippen LogP contribution in [-0.4, -0.2) is 56.2 Å². The number of anilines is 1. The molecule has 2 aliphatic rings. The van der Waals surface area contributed by atoms with Crippen LogP contribution in [0, 0.1) is 0 Å². The zero-order valence-corrected chi connectivity index (χ0v) is 19.6. The van der Waals surface area contributed by atoms with Gasteiger partial charge >= 0.3 is 12.0 Å². The van der Waals surface area contributed by atoms with Gasteiger partial charge in [-0.2, -0.15) is 0 Å². The quantitative estimate of drug-likeness (QED) is 0.596. The van der Waals surface area contributed by atoms with Crippen molar-refractivity contribution in [1.82, 2.24) is 15.5 Å². The maximum absolute atomic E-state index is 13.0. The molecule has 4 rings (SSSR count). The first-order valence-electron chi connectivity index (χ1n) is 10.8. The van der Waals surface area contributed by atoms with Gasteiger partial charge in [0.25, 0.3) is 0 Å². The number of amides is 2. The summed E-state index contributed by atoms with van der Waals surface area (Å²) < 4.78 is 6.25. The largest absolute Gasteiger partial charge is 0.463 e. The fourth-order valence-electron chi connectivity index (χ4n) is 4.16. The summed E-state index contributed by atoms with van der Waals surface area (Å²) in [4.78, 5) is 30.1. The van der Waals surface area contributed by atoms with E-state index in [0.29, 0.717) is 17.8 Å². The van der Waals surface area contributed by atoms with Crippen LogP contribution in [0.3, 0.4) is 0 Å². The van der Waals surface area contributed by atoms with Gasteiger partial charge in [-0.3, -0.25) is 4.90 Å². The Hall–Kier alpha value is -2.84. The number of hydrogen-bond donors (Lipinski definition) is 2. The van der Waals surface area contributed by atoms with Crippen LogP contribution in [0.25, 0.3) is 0 Å². The summed E-state index contributed by atoms with van der Waals surface area (Å²) in [6.45, 7) is 5.96. The third-order valence-corrected chi connectivity index (χ3v) is 6.20. The Balaban J connectivity index is 1.56. The number of carbonyl (C=O) groups is 2. The Morgan fingerprint density at radius 1 is 1.09 bits per heavy atom. The van der Waals surface area contributed by atoms with Crippen molar-refractivity contribution < 1.29 is 14.3 Å². The zero-order chi connectivity index (χ0) is 22.5. The minimum atomic E-state index is -0.569. The molecule has 0 unspecified atom stereocenters. The van der Waals surface area contributed by atoms with Gasteiger partial charge in [-0.1, -0.05) is 46.3 Å². The van der Waals surface area contributed by atoms with Crippen LogP contribution in [0.4, 0.5) is 10.5 Å². The minimum Gasteiger partial charge on any atom is -0.463 e. The molecule has 1 saturated heterocycles. The lowest BCUT2D eigenvalue weighted by Crippen LogP contribution is -2.51. The number of halogens is 1. The van der Waals surface area contributed by atoms with Crippen molar-refractivity contribution in [3.05, 3.63) is 75.9 Å². The van der Waals surface area contributed by atoms with Gasteiger partial charge in [-0.15, -0.1) is 0 Å². The molecule has 2 N–H and O–H groups in total. The summed E-state index contributed by atoms with van der Waals surface area (Å²) in [6, 6.07) is 17.1. The van der Waals surface area contributed by atoms with E-state index < -0.39 is 12.0 Å². The van der Waals surface area contributed by atoms with Crippen LogP contribution in [-0.2, 0) is 9.53 Å². The fraction of sp³-hybridized carbons (Fsp3) is 0.333. The molecule has 2 aromatic rings. The number of ether oxygens (including phenoxy) is 1. The predicted molar refractivity (Wildman–Crippen MR) is 127 cm³/mol. The maximum atomic E-state index is 13.0. The second-order valence-corrected chi connectivity index (χ2v) is 8.71. The zero-order valence-electron chi connectivity index (χ0n) is 18.0. The third-order valence-electron chi connectivity index (χ3n) is 5.71. The summed E-state index contributed by atoms with van der Waals surface area (Å²) in [5.74, 6) is -0.414. The molecule has 0 radical (unpaired) electrons. The van der Waals surface area contributed by atoms with Crippen molar-refractivity contribution >= 4 is 33.6 Å². The average molecular weight is 499 g/mol. The van der Waals surface area contributed by atoms with Gasteiger partial charge in [-0.05, 0) is 36.8 Å². The van der Waals surface area contributed by atoms with E-state index in [-0.39, 0.29) is 12.6 Å². The van der Waals surface area contributed by atoms with Crippen molar-refractivity contribution in [2.45, 2.75) is 13.0 Å². The van der Waals surface area contributed by atoms with Crippen LogP contribution in [0.15, 0.2) is 70.3 Å². The van der Waals surface area contributed by atoms with Gasteiger partial charge in [-0.25, -0.2) is 9.59 Å². The number of rotatable bonds is 6. The number of urea groups is 1. The lowest BCUT2D eigenvalue weighted by molar-refractivity contribution is -0.139. The molecule has 2 aliphatic heterocycles. The van der Waals surface area contributed by atoms with E-state index in [9.17, 15) is 9.59 Å². The summed E-state index contributed by atoms with van der Waals surface area (Å²) in [5, 5.41) is 5.76. The molecule has 1 atom stereocenters. The minimum absolute atomic E-state index is 0.268. The van der Waals surface area contributed by atoms with E-state index in [1.54, 1.807) is 6.92 Å². The molecule has 0 aromatic heterocycles. The van der Waals surface area contributed by atoms with Crippen molar-refractivity contribution in [1.29, 1.82) is 0 Å². The van der Waals surface area contributed by atoms with Crippen LogP contribution in [0.5, 0.6) is 0 Å². The standard InChI is InChI=1S/C24H27BrN4O3/c1-2-32-23(30)21-20(26-24(31)27-22(21)17-7-6-8-18(25)15-17)16-28-11-13-29(14-12-28)19-9-4-3-5-10-19/h3-10,15,22H,2,11-14,16H2,1H3,(H2,26,27,31)/t22-/m1/s1. The van der Waals surface area contributed by atoms with E-state index in [2.05, 4.69) is 48.5 Å². The molecule has 2 heterocycles. The number of benzene rings is 2. The van der Waals surface area contributed by atoms with Crippen molar-refractivity contribution in [3.63, 3.8) is 0 Å². The highest BCUT2D eigenvalue weighted by Crippen LogP contribution is 2.30. The first-order valence-corrected chi connectivity index (χ1v) is 11.6. The molecule has 0 spiro atoms. The Bertz CT molecular complexity index is 1000. The van der Waals surface area contributed by atoms with Crippen LogP contribution in [0.2, 0.25) is 0 Å².